The van der Waals surface area contributed by atoms with Crippen LogP contribution in [-0.2, 0) is 6.61 Å². The van der Waals surface area contributed by atoms with Crippen LogP contribution in [0.5, 0.6) is 11.5 Å². The molecule has 0 aromatic heterocycles. The highest BCUT2D eigenvalue weighted by Crippen LogP contribution is 2.23. The van der Waals surface area contributed by atoms with Crippen LogP contribution >= 0.6 is 0 Å². The Morgan fingerprint density at radius 1 is 1.10 bits per heavy atom. The van der Waals surface area contributed by atoms with Crippen LogP contribution in [0.1, 0.15) is 22.3 Å². The molecule has 0 atom stereocenters. The fourth-order valence-electron chi connectivity index (χ4n) is 2.07. The average molecular weight is 284 g/mol. The fourth-order valence-corrected chi connectivity index (χ4v) is 2.07. The molecule has 110 valence electrons. The van der Waals surface area contributed by atoms with Gasteiger partial charge in [-0.1, -0.05) is 18.2 Å². The summed E-state index contributed by atoms with van der Waals surface area (Å²) < 4.78 is 11.1. The lowest BCUT2D eigenvalue weighted by molar-refractivity contribution is 0.303. The Hall–Kier alpha value is -2.49. The summed E-state index contributed by atoms with van der Waals surface area (Å²) in [6, 6.07) is 11.7. The molecule has 4 nitrogen and oxygen atoms in total. The average Bonchev–Trinajstić information content (AvgIpc) is 2.47. The molecule has 0 aliphatic carbocycles. The maximum atomic E-state index is 7.50. The normalized spacial score (nSPS) is 10.2. The molecule has 21 heavy (non-hydrogen) atoms. The molecule has 0 aliphatic rings. The van der Waals surface area contributed by atoms with Crippen molar-refractivity contribution in [3.05, 3.63) is 58.7 Å². The molecule has 2 rings (SSSR count). The summed E-state index contributed by atoms with van der Waals surface area (Å²) in [5, 5.41) is 7.50. The third-order valence-corrected chi connectivity index (χ3v) is 3.29. The number of nitrogen functional groups attached to an aromatic ring is 1. The van der Waals surface area contributed by atoms with Crippen molar-refractivity contribution in [1.82, 2.24) is 0 Å². The van der Waals surface area contributed by atoms with Gasteiger partial charge in [-0.25, -0.2) is 0 Å². The molecule has 0 radical (unpaired) electrons. The molecule has 0 spiro atoms. The summed E-state index contributed by atoms with van der Waals surface area (Å²) in [5.41, 5.74) is 9.35. The van der Waals surface area contributed by atoms with E-state index in [1.54, 1.807) is 13.2 Å². The van der Waals surface area contributed by atoms with Crippen LogP contribution in [-0.4, -0.2) is 12.9 Å². The van der Waals surface area contributed by atoms with Crippen molar-refractivity contribution in [3.8, 4) is 11.5 Å². The van der Waals surface area contributed by atoms with E-state index in [4.69, 9.17) is 20.6 Å². The van der Waals surface area contributed by atoms with Crippen LogP contribution in [0.15, 0.2) is 36.4 Å². The van der Waals surface area contributed by atoms with E-state index in [0.29, 0.717) is 17.9 Å². The fraction of sp³-hybridized carbons (Fsp3) is 0.235. The van der Waals surface area contributed by atoms with Gasteiger partial charge in [0.15, 0.2) is 0 Å². The molecular weight excluding hydrogens is 264 g/mol. The highest BCUT2D eigenvalue weighted by Gasteiger charge is 2.08. The van der Waals surface area contributed by atoms with Crippen LogP contribution < -0.4 is 15.2 Å². The van der Waals surface area contributed by atoms with E-state index in [9.17, 15) is 0 Å². The minimum atomic E-state index is -0.00570. The number of ether oxygens (including phenoxy) is 2. The lowest BCUT2D eigenvalue weighted by Crippen LogP contribution is -2.12. The first-order valence-corrected chi connectivity index (χ1v) is 6.72. The van der Waals surface area contributed by atoms with E-state index in [-0.39, 0.29) is 5.84 Å². The van der Waals surface area contributed by atoms with Gasteiger partial charge in [0, 0.05) is 0 Å². The number of nitrogens with one attached hydrogen (secondary N) is 1. The zero-order chi connectivity index (χ0) is 15.4. The molecule has 0 unspecified atom stereocenters. The summed E-state index contributed by atoms with van der Waals surface area (Å²) in [6.07, 6.45) is 0. The third-order valence-electron chi connectivity index (χ3n) is 3.29. The maximum absolute atomic E-state index is 7.50. The van der Waals surface area contributed by atoms with Gasteiger partial charge in [0.2, 0.25) is 0 Å². The van der Waals surface area contributed by atoms with Crippen LogP contribution in [0, 0.1) is 19.3 Å². The second-order valence-corrected chi connectivity index (χ2v) is 5.01. The van der Waals surface area contributed by atoms with Crippen LogP contribution in [0.4, 0.5) is 0 Å². The van der Waals surface area contributed by atoms with Crippen molar-refractivity contribution in [3.63, 3.8) is 0 Å². The number of rotatable bonds is 5. The van der Waals surface area contributed by atoms with Crippen molar-refractivity contribution in [2.75, 3.05) is 7.11 Å². The molecule has 0 saturated carbocycles. The molecule has 2 aromatic carbocycles. The first kappa shape index (κ1) is 14.9. The van der Waals surface area contributed by atoms with E-state index in [0.717, 1.165) is 16.9 Å². The van der Waals surface area contributed by atoms with Crippen molar-refractivity contribution in [2.45, 2.75) is 20.5 Å². The predicted octanol–water partition coefficient (Wildman–Crippen LogP) is 3.18. The van der Waals surface area contributed by atoms with Gasteiger partial charge < -0.3 is 15.2 Å². The summed E-state index contributed by atoms with van der Waals surface area (Å²) in [6.45, 7) is 4.50. The maximum Gasteiger partial charge on any atom is 0.130 e. The zero-order valence-corrected chi connectivity index (χ0v) is 12.6. The topological polar surface area (TPSA) is 68.3 Å². The number of benzene rings is 2. The van der Waals surface area contributed by atoms with Gasteiger partial charge >= 0.3 is 0 Å². The number of aryl methyl sites for hydroxylation is 2. The quantitative estimate of drug-likeness (QED) is 0.654. The van der Waals surface area contributed by atoms with Gasteiger partial charge in [0.25, 0.3) is 0 Å². The smallest absolute Gasteiger partial charge is 0.130 e. The molecule has 0 amide bonds. The number of methoxy groups -OCH3 is 1. The van der Waals surface area contributed by atoms with Gasteiger partial charge in [0.1, 0.15) is 23.9 Å². The molecule has 0 fully saturated rings. The molecule has 0 heterocycles. The van der Waals surface area contributed by atoms with Crippen LogP contribution in [0.3, 0.4) is 0 Å². The van der Waals surface area contributed by atoms with Crippen LogP contribution in [0.2, 0.25) is 0 Å². The van der Waals surface area contributed by atoms with Crippen molar-refractivity contribution in [2.24, 2.45) is 5.73 Å². The van der Waals surface area contributed by atoms with Gasteiger partial charge in [-0.15, -0.1) is 0 Å². The Balaban J connectivity index is 2.17. The van der Waals surface area contributed by atoms with E-state index in [1.807, 2.05) is 38.1 Å². The standard InChI is InChI=1S/C17H20N2O2/c1-11-4-5-12(2)15(8-11)21-10-13-6-7-14(17(18)19)16(9-13)20-3/h4-9H,10H2,1-3H3,(H3,18,19). The third kappa shape index (κ3) is 3.54. The van der Waals surface area contributed by atoms with Gasteiger partial charge in [-0.3, -0.25) is 5.41 Å². The Morgan fingerprint density at radius 2 is 1.86 bits per heavy atom. The molecule has 0 bridgehead atoms. The summed E-state index contributed by atoms with van der Waals surface area (Å²) in [4.78, 5) is 0. The first-order chi connectivity index (χ1) is 10.0. The van der Waals surface area contributed by atoms with E-state index in [2.05, 4.69) is 6.07 Å². The van der Waals surface area contributed by atoms with Crippen molar-refractivity contribution in [1.29, 1.82) is 5.41 Å². The Bertz CT molecular complexity index is 666. The molecule has 2 aromatic rings. The predicted molar refractivity (Wildman–Crippen MR) is 84.3 cm³/mol. The lowest BCUT2D eigenvalue weighted by atomic mass is 10.1. The van der Waals surface area contributed by atoms with E-state index in [1.165, 1.54) is 5.56 Å². The molecule has 0 aliphatic heterocycles. The summed E-state index contributed by atoms with van der Waals surface area (Å²) in [5.74, 6) is 1.46. The monoisotopic (exact) mass is 284 g/mol. The SMILES string of the molecule is COc1cc(COc2cc(C)ccc2C)ccc1C(=N)N. The second kappa shape index (κ2) is 6.31. The highest BCUT2D eigenvalue weighted by atomic mass is 16.5. The number of hydrogen-bond acceptors (Lipinski definition) is 3. The van der Waals surface area contributed by atoms with Crippen LogP contribution in [0.25, 0.3) is 0 Å². The highest BCUT2D eigenvalue weighted by molar-refractivity contribution is 5.97. The Morgan fingerprint density at radius 3 is 2.52 bits per heavy atom. The van der Waals surface area contributed by atoms with E-state index < -0.39 is 0 Å². The molecule has 4 heteroatoms. The number of hydrogen-bond donors (Lipinski definition) is 2. The molecule has 0 saturated heterocycles. The van der Waals surface area contributed by atoms with E-state index >= 15 is 0 Å². The number of nitrogens with two attached hydrogens (primary N) is 1. The minimum absolute atomic E-state index is 0.00570. The Labute approximate surface area is 125 Å². The Kier molecular flexibility index (Phi) is 4.48. The zero-order valence-electron chi connectivity index (χ0n) is 12.6. The second-order valence-electron chi connectivity index (χ2n) is 5.01. The van der Waals surface area contributed by atoms with Crippen molar-refractivity contribution < 1.29 is 9.47 Å². The summed E-state index contributed by atoms with van der Waals surface area (Å²) in [7, 11) is 1.57. The molecule has 3 N–H and O–H groups in total. The molecular formula is C17H20N2O2. The summed E-state index contributed by atoms with van der Waals surface area (Å²) >= 11 is 0. The lowest BCUT2D eigenvalue weighted by Gasteiger charge is -2.12. The largest absolute Gasteiger partial charge is 0.496 e. The van der Waals surface area contributed by atoms with Gasteiger partial charge in [-0.2, -0.15) is 0 Å². The van der Waals surface area contributed by atoms with Crippen molar-refractivity contribution >= 4 is 5.84 Å². The van der Waals surface area contributed by atoms with Gasteiger partial charge in [-0.05, 0) is 48.7 Å². The first-order valence-electron chi connectivity index (χ1n) is 6.72. The minimum Gasteiger partial charge on any atom is -0.496 e. The number of amidine groups is 1. The van der Waals surface area contributed by atoms with Gasteiger partial charge in [0.05, 0.1) is 12.7 Å².